The molecule has 156 valence electrons. The molecule has 0 aromatic heterocycles. The SMILES string of the molecule is COc1cc2c(cc1OC)CN(C(=O)NCCCN(C)c1ccccc1F)CC2. The monoisotopic (exact) mass is 401 g/mol. The van der Waals surface area contributed by atoms with Crippen LogP contribution in [-0.2, 0) is 13.0 Å². The lowest BCUT2D eigenvalue weighted by Gasteiger charge is -2.30. The van der Waals surface area contributed by atoms with Crippen LogP contribution < -0.4 is 19.7 Å². The van der Waals surface area contributed by atoms with Gasteiger partial charge in [-0.05, 0) is 48.2 Å². The quantitative estimate of drug-likeness (QED) is 0.723. The second kappa shape index (κ2) is 9.49. The van der Waals surface area contributed by atoms with E-state index in [9.17, 15) is 9.18 Å². The third-order valence-corrected chi connectivity index (χ3v) is 5.22. The van der Waals surface area contributed by atoms with Gasteiger partial charge >= 0.3 is 6.03 Å². The van der Waals surface area contributed by atoms with E-state index in [0.29, 0.717) is 43.4 Å². The van der Waals surface area contributed by atoms with Gasteiger partial charge in [0.05, 0.1) is 19.9 Å². The molecule has 0 unspecified atom stereocenters. The van der Waals surface area contributed by atoms with Crippen molar-refractivity contribution in [3.05, 3.63) is 53.3 Å². The summed E-state index contributed by atoms with van der Waals surface area (Å²) in [5.41, 5.74) is 2.82. The molecule has 0 aliphatic carbocycles. The fraction of sp³-hybridized carbons (Fsp3) is 0.409. The van der Waals surface area contributed by atoms with E-state index in [1.165, 1.54) is 11.6 Å². The van der Waals surface area contributed by atoms with Crippen molar-refractivity contribution >= 4 is 11.7 Å². The third-order valence-electron chi connectivity index (χ3n) is 5.22. The van der Waals surface area contributed by atoms with E-state index in [2.05, 4.69) is 5.32 Å². The van der Waals surface area contributed by atoms with Gasteiger partial charge in [0.25, 0.3) is 0 Å². The van der Waals surface area contributed by atoms with Crippen LogP contribution in [0.2, 0.25) is 0 Å². The van der Waals surface area contributed by atoms with Crippen molar-refractivity contribution in [3.63, 3.8) is 0 Å². The Hall–Kier alpha value is -2.96. The zero-order valence-electron chi connectivity index (χ0n) is 17.2. The van der Waals surface area contributed by atoms with Crippen molar-refractivity contribution in [2.45, 2.75) is 19.4 Å². The molecule has 2 amide bonds. The van der Waals surface area contributed by atoms with Gasteiger partial charge in [-0.25, -0.2) is 9.18 Å². The molecule has 1 N–H and O–H groups in total. The van der Waals surface area contributed by atoms with Crippen LogP contribution in [0.4, 0.5) is 14.9 Å². The summed E-state index contributed by atoms with van der Waals surface area (Å²) in [6.45, 7) is 2.38. The molecular formula is C22H28FN3O3. The molecule has 2 aromatic carbocycles. The molecule has 2 aromatic rings. The Morgan fingerprint density at radius 1 is 1.17 bits per heavy atom. The Bertz CT molecular complexity index is 859. The number of urea groups is 1. The van der Waals surface area contributed by atoms with Crippen molar-refractivity contribution in [1.82, 2.24) is 10.2 Å². The summed E-state index contributed by atoms with van der Waals surface area (Å²) >= 11 is 0. The second-order valence-electron chi connectivity index (χ2n) is 7.11. The van der Waals surface area contributed by atoms with Crippen LogP contribution in [0.5, 0.6) is 11.5 Å². The lowest BCUT2D eigenvalue weighted by molar-refractivity contribution is 0.192. The molecule has 6 nitrogen and oxygen atoms in total. The van der Waals surface area contributed by atoms with Gasteiger partial charge < -0.3 is 24.6 Å². The average molecular weight is 401 g/mol. The number of para-hydroxylation sites is 1. The Balaban J connectivity index is 1.49. The Kier molecular flexibility index (Phi) is 6.80. The summed E-state index contributed by atoms with van der Waals surface area (Å²) < 4.78 is 24.5. The molecule has 0 radical (unpaired) electrons. The fourth-order valence-electron chi connectivity index (χ4n) is 3.56. The number of halogens is 1. The third kappa shape index (κ3) is 4.91. The smallest absolute Gasteiger partial charge is 0.317 e. The Morgan fingerprint density at radius 3 is 2.55 bits per heavy atom. The van der Waals surface area contributed by atoms with Crippen LogP contribution in [0.1, 0.15) is 17.5 Å². The van der Waals surface area contributed by atoms with E-state index in [-0.39, 0.29) is 11.8 Å². The number of carbonyl (C=O) groups excluding carboxylic acids is 1. The number of hydrogen-bond donors (Lipinski definition) is 1. The first-order valence-electron chi connectivity index (χ1n) is 9.75. The zero-order valence-corrected chi connectivity index (χ0v) is 17.2. The predicted octanol–water partition coefficient (Wildman–Crippen LogP) is 3.44. The van der Waals surface area contributed by atoms with Gasteiger partial charge in [0.15, 0.2) is 11.5 Å². The van der Waals surface area contributed by atoms with Crippen molar-refractivity contribution in [2.24, 2.45) is 0 Å². The van der Waals surface area contributed by atoms with Crippen LogP contribution in [0.15, 0.2) is 36.4 Å². The van der Waals surface area contributed by atoms with Gasteiger partial charge in [-0.15, -0.1) is 0 Å². The number of amides is 2. The maximum Gasteiger partial charge on any atom is 0.317 e. The highest BCUT2D eigenvalue weighted by atomic mass is 19.1. The molecule has 0 spiro atoms. The van der Waals surface area contributed by atoms with Crippen LogP contribution >= 0.6 is 0 Å². The van der Waals surface area contributed by atoms with E-state index < -0.39 is 0 Å². The molecule has 29 heavy (non-hydrogen) atoms. The lowest BCUT2D eigenvalue weighted by Crippen LogP contribution is -2.43. The number of fused-ring (bicyclic) bond motifs is 1. The lowest BCUT2D eigenvalue weighted by atomic mass is 9.99. The summed E-state index contributed by atoms with van der Waals surface area (Å²) in [7, 11) is 5.08. The van der Waals surface area contributed by atoms with Gasteiger partial charge in [-0.2, -0.15) is 0 Å². The maximum absolute atomic E-state index is 13.8. The van der Waals surface area contributed by atoms with E-state index in [0.717, 1.165) is 18.4 Å². The molecule has 0 atom stereocenters. The minimum Gasteiger partial charge on any atom is -0.493 e. The van der Waals surface area contributed by atoms with E-state index in [4.69, 9.17) is 9.47 Å². The Labute approximate surface area is 171 Å². The molecule has 0 fully saturated rings. The van der Waals surface area contributed by atoms with Crippen molar-refractivity contribution < 1.29 is 18.7 Å². The van der Waals surface area contributed by atoms with Gasteiger partial charge in [0.1, 0.15) is 5.82 Å². The Morgan fingerprint density at radius 2 is 1.86 bits per heavy atom. The van der Waals surface area contributed by atoms with Crippen LogP contribution in [0.3, 0.4) is 0 Å². The minimum absolute atomic E-state index is 0.0843. The van der Waals surface area contributed by atoms with Gasteiger partial charge in [-0.3, -0.25) is 0 Å². The summed E-state index contributed by atoms with van der Waals surface area (Å²) in [5, 5.41) is 2.97. The number of carbonyl (C=O) groups is 1. The number of anilines is 1. The van der Waals surface area contributed by atoms with E-state index in [1.807, 2.05) is 30.1 Å². The number of ether oxygens (including phenoxy) is 2. The van der Waals surface area contributed by atoms with Gasteiger partial charge in [0, 0.05) is 33.2 Å². The molecule has 1 aliphatic heterocycles. The van der Waals surface area contributed by atoms with Gasteiger partial charge in [0.2, 0.25) is 0 Å². The van der Waals surface area contributed by atoms with Crippen molar-refractivity contribution in [2.75, 3.05) is 45.8 Å². The highest BCUT2D eigenvalue weighted by molar-refractivity contribution is 5.74. The number of hydrogen-bond acceptors (Lipinski definition) is 4. The highest BCUT2D eigenvalue weighted by Gasteiger charge is 2.22. The molecule has 3 rings (SSSR count). The first-order valence-corrected chi connectivity index (χ1v) is 9.75. The first kappa shape index (κ1) is 20.8. The van der Waals surface area contributed by atoms with E-state index >= 15 is 0 Å². The fourth-order valence-corrected chi connectivity index (χ4v) is 3.56. The maximum atomic E-state index is 13.8. The largest absolute Gasteiger partial charge is 0.493 e. The molecular weight excluding hydrogens is 373 g/mol. The minimum atomic E-state index is -0.238. The molecule has 1 heterocycles. The van der Waals surface area contributed by atoms with Crippen molar-refractivity contribution in [3.8, 4) is 11.5 Å². The summed E-state index contributed by atoms with van der Waals surface area (Å²) in [6, 6.07) is 10.5. The zero-order chi connectivity index (χ0) is 20.8. The molecule has 1 aliphatic rings. The topological polar surface area (TPSA) is 54.0 Å². The number of methoxy groups -OCH3 is 2. The van der Waals surface area contributed by atoms with Crippen LogP contribution in [-0.4, -0.2) is 51.8 Å². The van der Waals surface area contributed by atoms with E-state index in [1.54, 1.807) is 31.3 Å². The van der Waals surface area contributed by atoms with Crippen LogP contribution in [0.25, 0.3) is 0 Å². The molecule has 7 heteroatoms. The molecule has 0 saturated carbocycles. The second-order valence-corrected chi connectivity index (χ2v) is 7.11. The standard InChI is InChI=1S/C22H28FN3O3/c1-25(19-8-5-4-7-18(19)23)11-6-10-24-22(27)26-12-9-16-13-20(28-2)21(29-3)14-17(16)15-26/h4-5,7-8,13-14H,6,9-12,15H2,1-3H3,(H,24,27). The number of benzene rings is 2. The highest BCUT2D eigenvalue weighted by Crippen LogP contribution is 2.33. The molecule has 0 saturated heterocycles. The average Bonchev–Trinajstić information content (AvgIpc) is 2.75. The number of nitrogens with one attached hydrogen (secondary N) is 1. The summed E-state index contributed by atoms with van der Waals surface area (Å²) in [4.78, 5) is 16.2. The predicted molar refractivity (Wildman–Crippen MR) is 111 cm³/mol. The molecule has 0 bridgehead atoms. The number of nitrogens with zero attached hydrogens (tertiary/aromatic N) is 2. The van der Waals surface area contributed by atoms with Gasteiger partial charge in [-0.1, -0.05) is 12.1 Å². The summed E-state index contributed by atoms with van der Waals surface area (Å²) in [6.07, 6.45) is 1.51. The normalized spacial score (nSPS) is 12.9. The first-order chi connectivity index (χ1) is 14.0. The summed E-state index contributed by atoms with van der Waals surface area (Å²) in [5.74, 6) is 1.14. The van der Waals surface area contributed by atoms with Crippen molar-refractivity contribution in [1.29, 1.82) is 0 Å². The van der Waals surface area contributed by atoms with Crippen LogP contribution in [0, 0.1) is 5.82 Å². The number of rotatable bonds is 7.